The highest BCUT2D eigenvalue weighted by atomic mass is 16.2. The molecule has 1 saturated carbocycles. The second-order valence-electron chi connectivity index (χ2n) is 7.52. The Morgan fingerprint density at radius 3 is 2.38 bits per heavy atom. The van der Waals surface area contributed by atoms with Crippen LogP contribution in [0.5, 0.6) is 0 Å². The summed E-state index contributed by atoms with van der Waals surface area (Å²) in [5, 5.41) is 3.18. The molecular formula is C24H26N4O. The molecular weight excluding hydrogens is 360 g/mol. The number of pyridine rings is 2. The molecule has 1 amide bonds. The number of carbonyl (C=O) groups is 1. The average molecular weight is 386 g/mol. The first-order chi connectivity index (χ1) is 14.3. The number of benzene rings is 1. The summed E-state index contributed by atoms with van der Waals surface area (Å²) in [4.78, 5) is 23.9. The van der Waals surface area contributed by atoms with Crippen LogP contribution in [0.25, 0.3) is 0 Å². The van der Waals surface area contributed by atoms with E-state index in [0.29, 0.717) is 13.1 Å². The van der Waals surface area contributed by atoms with Gasteiger partial charge in [0.2, 0.25) is 5.91 Å². The van der Waals surface area contributed by atoms with E-state index in [1.165, 1.54) is 5.56 Å². The van der Waals surface area contributed by atoms with Crippen LogP contribution in [0.15, 0.2) is 79.3 Å². The van der Waals surface area contributed by atoms with Crippen LogP contribution in [0.4, 0.5) is 5.82 Å². The van der Waals surface area contributed by atoms with Gasteiger partial charge in [0.15, 0.2) is 0 Å². The standard InChI is InChI=1S/C24H26N4O/c29-23(24(12-6-13-24)21-10-15-25-16-11-21)27-17-18-28(22-9-4-5-14-26-22)19-20-7-2-1-3-8-20/h1-5,7-11,14-16H,6,12-13,17-19H2,(H,27,29). The van der Waals surface area contributed by atoms with Gasteiger partial charge in [-0.05, 0) is 48.2 Å². The van der Waals surface area contributed by atoms with Crippen LogP contribution < -0.4 is 10.2 Å². The van der Waals surface area contributed by atoms with Crippen LogP contribution >= 0.6 is 0 Å². The second kappa shape index (κ2) is 8.86. The van der Waals surface area contributed by atoms with Gasteiger partial charge in [0, 0.05) is 38.2 Å². The number of nitrogens with one attached hydrogen (secondary N) is 1. The summed E-state index contributed by atoms with van der Waals surface area (Å²) in [6, 6.07) is 20.2. The van der Waals surface area contributed by atoms with Gasteiger partial charge in [-0.15, -0.1) is 0 Å². The van der Waals surface area contributed by atoms with Crippen molar-refractivity contribution in [1.29, 1.82) is 0 Å². The third-order valence-corrected chi connectivity index (χ3v) is 5.73. The van der Waals surface area contributed by atoms with E-state index in [2.05, 4.69) is 32.3 Å². The third kappa shape index (κ3) is 4.29. The summed E-state index contributed by atoms with van der Waals surface area (Å²) >= 11 is 0. The van der Waals surface area contributed by atoms with Gasteiger partial charge in [-0.3, -0.25) is 9.78 Å². The number of nitrogens with zero attached hydrogens (tertiary/aromatic N) is 3. The summed E-state index contributed by atoms with van der Waals surface area (Å²) in [5.41, 5.74) is 1.90. The van der Waals surface area contributed by atoms with Gasteiger partial charge < -0.3 is 10.2 Å². The molecule has 1 aliphatic carbocycles. The lowest BCUT2D eigenvalue weighted by molar-refractivity contribution is -0.129. The van der Waals surface area contributed by atoms with Crippen molar-refractivity contribution in [3.8, 4) is 0 Å². The predicted octanol–water partition coefficient (Wildman–Crippen LogP) is 3.72. The number of carbonyl (C=O) groups excluding carboxylic acids is 1. The highest BCUT2D eigenvalue weighted by Crippen LogP contribution is 2.43. The lowest BCUT2D eigenvalue weighted by Gasteiger charge is -2.40. The van der Waals surface area contributed by atoms with Crippen molar-refractivity contribution in [2.45, 2.75) is 31.2 Å². The van der Waals surface area contributed by atoms with Crippen LogP contribution in [0.3, 0.4) is 0 Å². The van der Waals surface area contributed by atoms with Gasteiger partial charge in [-0.2, -0.15) is 0 Å². The molecule has 1 aromatic carbocycles. The van der Waals surface area contributed by atoms with Crippen molar-refractivity contribution in [1.82, 2.24) is 15.3 Å². The minimum absolute atomic E-state index is 0.121. The summed E-state index contributed by atoms with van der Waals surface area (Å²) in [7, 11) is 0. The van der Waals surface area contributed by atoms with Crippen molar-refractivity contribution in [3.05, 3.63) is 90.4 Å². The SMILES string of the molecule is O=C(NCCN(Cc1ccccc1)c1ccccn1)C1(c2ccncc2)CCC1. The average Bonchev–Trinajstić information content (AvgIpc) is 2.74. The van der Waals surface area contributed by atoms with E-state index in [1.807, 2.05) is 48.5 Å². The molecule has 148 valence electrons. The molecule has 29 heavy (non-hydrogen) atoms. The van der Waals surface area contributed by atoms with E-state index in [-0.39, 0.29) is 5.91 Å². The Hall–Kier alpha value is -3.21. The number of rotatable bonds is 8. The van der Waals surface area contributed by atoms with Crippen molar-refractivity contribution < 1.29 is 4.79 Å². The zero-order chi connectivity index (χ0) is 19.9. The Kier molecular flexibility index (Phi) is 5.84. The summed E-state index contributed by atoms with van der Waals surface area (Å²) < 4.78 is 0. The van der Waals surface area contributed by atoms with Crippen molar-refractivity contribution >= 4 is 11.7 Å². The maximum Gasteiger partial charge on any atom is 0.230 e. The van der Waals surface area contributed by atoms with E-state index in [4.69, 9.17) is 0 Å². The lowest BCUT2D eigenvalue weighted by atomic mass is 9.64. The molecule has 1 fully saturated rings. The Morgan fingerprint density at radius 1 is 0.966 bits per heavy atom. The van der Waals surface area contributed by atoms with Gasteiger partial charge in [0.05, 0.1) is 5.41 Å². The van der Waals surface area contributed by atoms with E-state index in [9.17, 15) is 4.79 Å². The molecule has 1 N–H and O–H groups in total. The smallest absolute Gasteiger partial charge is 0.230 e. The maximum atomic E-state index is 13.1. The summed E-state index contributed by atoms with van der Waals surface area (Å²) in [6.45, 7) is 2.03. The van der Waals surface area contributed by atoms with Crippen molar-refractivity contribution in [3.63, 3.8) is 0 Å². The molecule has 0 radical (unpaired) electrons. The van der Waals surface area contributed by atoms with Gasteiger partial charge in [-0.1, -0.05) is 42.8 Å². The van der Waals surface area contributed by atoms with Crippen molar-refractivity contribution in [2.75, 3.05) is 18.0 Å². The first-order valence-corrected chi connectivity index (χ1v) is 10.2. The third-order valence-electron chi connectivity index (χ3n) is 5.73. The van der Waals surface area contributed by atoms with Crippen LogP contribution in [0.2, 0.25) is 0 Å². The fraction of sp³-hybridized carbons (Fsp3) is 0.292. The Morgan fingerprint density at radius 2 is 1.72 bits per heavy atom. The lowest BCUT2D eigenvalue weighted by Crippen LogP contribution is -2.50. The fourth-order valence-electron chi connectivity index (χ4n) is 3.94. The van der Waals surface area contributed by atoms with Gasteiger partial charge in [0.1, 0.15) is 5.82 Å². The molecule has 0 bridgehead atoms. The number of amides is 1. The molecule has 3 aromatic rings. The largest absolute Gasteiger partial charge is 0.354 e. The van der Waals surface area contributed by atoms with Gasteiger partial charge in [0.25, 0.3) is 0 Å². The predicted molar refractivity (Wildman–Crippen MR) is 115 cm³/mol. The van der Waals surface area contributed by atoms with Crippen LogP contribution in [0, 0.1) is 0 Å². The topological polar surface area (TPSA) is 58.1 Å². The molecule has 2 aromatic heterocycles. The quantitative estimate of drug-likeness (QED) is 0.641. The Labute approximate surface area is 171 Å². The van der Waals surface area contributed by atoms with E-state index < -0.39 is 5.41 Å². The molecule has 4 rings (SSSR count). The molecule has 0 saturated heterocycles. The van der Waals surface area contributed by atoms with E-state index in [1.54, 1.807) is 18.6 Å². The number of hydrogen-bond acceptors (Lipinski definition) is 4. The molecule has 0 aliphatic heterocycles. The first-order valence-electron chi connectivity index (χ1n) is 10.2. The Bertz CT molecular complexity index is 911. The second-order valence-corrected chi connectivity index (χ2v) is 7.52. The first kappa shape index (κ1) is 19.1. The van der Waals surface area contributed by atoms with Crippen LogP contribution in [-0.4, -0.2) is 29.0 Å². The Balaban J connectivity index is 1.42. The van der Waals surface area contributed by atoms with Crippen LogP contribution in [-0.2, 0) is 16.8 Å². The number of aromatic nitrogens is 2. The molecule has 2 heterocycles. The normalized spacial score (nSPS) is 14.6. The monoisotopic (exact) mass is 386 g/mol. The highest BCUT2D eigenvalue weighted by molar-refractivity contribution is 5.89. The maximum absolute atomic E-state index is 13.1. The number of anilines is 1. The zero-order valence-electron chi connectivity index (χ0n) is 16.5. The zero-order valence-corrected chi connectivity index (χ0v) is 16.5. The summed E-state index contributed by atoms with van der Waals surface area (Å²) in [5.74, 6) is 1.04. The fourth-order valence-corrected chi connectivity index (χ4v) is 3.94. The molecule has 5 heteroatoms. The van der Waals surface area contributed by atoms with Crippen LogP contribution in [0.1, 0.15) is 30.4 Å². The van der Waals surface area contributed by atoms with Gasteiger partial charge >= 0.3 is 0 Å². The minimum Gasteiger partial charge on any atom is -0.354 e. The highest BCUT2D eigenvalue weighted by Gasteiger charge is 2.45. The molecule has 0 spiro atoms. The van der Waals surface area contributed by atoms with Crippen molar-refractivity contribution in [2.24, 2.45) is 0 Å². The molecule has 0 unspecified atom stereocenters. The minimum atomic E-state index is -0.391. The molecule has 1 aliphatic rings. The van der Waals surface area contributed by atoms with E-state index in [0.717, 1.165) is 37.2 Å². The van der Waals surface area contributed by atoms with E-state index >= 15 is 0 Å². The molecule has 5 nitrogen and oxygen atoms in total. The molecule has 0 atom stereocenters. The van der Waals surface area contributed by atoms with Gasteiger partial charge in [-0.25, -0.2) is 4.98 Å². The summed E-state index contributed by atoms with van der Waals surface area (Å²) in [6.07, 6.45) is 8.23. The number of hydrogen-bond donors (Lipinski definition) is 1.